The average molecular weight is 518 g/mol. The van der Waals surface area contributed by atoms with Crippen LogP contribution in [0.1, 0.15) is 72.8 Å². The molecule has 6 heteroatoms. The number of hydrogen-bond acceptors (Lipinski definition) is 5. The summed E-state index contributed by atoms with van der Waals surface area (Å²) in [6.45, 7) is 15.3. The predicted molar refractivity (Wildman–Crippen MR) is 152 cm³/mol. The molecule has 0 bridgehead atoms. The van der Waals surface area contributed by atoms with E-state index < -0.39 is 0 Å². The molecule has 2 amide bonds. The highest BCUT2D eigenvalue weighted by Crippen LogP contribution is 2.27. The van der Waals surface area contributed by atoms with E-state index in [1.165, 1.54) is 0 Å². The van der Waals surface area contributed by atoms with Gasteiger partial charge in [0.05, 0.1) is 24.3 Å². The monoisotopic (exact) mass is 517 g/mol. The zero-order valence-corrected chi connectivity index (χ0v) is 23.9. The van der Waals surface area contributed by atoms with Gasteiger partial charge in [0.25, 0.3) is 0 Å². The molecule has 204 valence electrons. The molecule has 1 heterocycles. The molecule has 1 aliphatic rings. The van der Waals surface area contributed by atoms with Crippen molar-refractivity contribution in [3.05, 3.63) is 54.1 Å². The van der Waals surface area contributed by atoms with E-state index in [2.05, 4.69) is 11.0 Å². The number of rotatable bonds is 9. The van der Waals surface area contributed by atoms with Crippen LogP contribution in [0.4, 0.5) is 0 Å². The zero-order chi connectivity index (χ0) is 27.9. The predicted octanol–water partition coefficient (Wildman–Crippen LogP) is 6.30. The van der Waals surface area contributed by atoms with Gasteiger partial charge in [-0.05, 0) is 59.1 Å². The van der Waals surface area contributed by atoms with E-state index in [1.807, 2.05) is 90.1 Å². The van der Waals surface area contributed by atoms with Gasteiger partial charge in [-0.15, -0.1) is 0 Å². The maximum Gasteiger partial charge on any atom is 0.229 e. The Morgan fingerprint density at radius 1 is 0.921 bits per heavy atom. The van der Waals surface area contributed by atoms with E-state index in [1.54, 1.807) is 4.90 Å². The Hall–Kier alpha value is -3.17. The van der Waals surface area contributed by atoms with E-state index in [4.69, 9.17) is 10.00 Å². The second kappa shape index (κ2) is 12.6. The highest BCUT2D eigenvalue weighted by Gasteiger charge is 2.37. The van der Waals surface area contributed by atoms with Crippen LogP contribution in [0.5, 0.6) is 5.75 Å². The Balaban J connectivity index is 1.49. The molecule has 0 spiro atoms. The molecule has 38 heavy (non-hydrogen) atoms. The second-order valence-electron chi connectivity index (χ2n) is 12.8. The third-order valence-corrected chi connectivity index (χ3v) is 6.60. The lowest BCUT2D eigenvalue weighted by Crippen LogP contribution is -2.48. The van der Waals surface area contributed by atoms with Crippen molar-refractivity contribution in [3.63, 3.8) is 0 Å². The van der Waals surface area contributed by atoms with Crippen molar-refractivity contribution in [2.45, 2.75) is 73.3 Å². The van der Waals surface area contributed by atoms with E-state index in [0.717, 1.165) is 49.4 Å². The number of imide groups is 1. The van der Waals surface area contributed by atoms with Crippen LogP contribution in [0.15, 0.2) is 48.5 Å². The summed E-state index contributed by atoms with van der Waals surface area (Å²) >= 11 is 0. The Morgan fingerprint density at radius 3 is 1.95 bits per heavy atom. The summed E-state index contributed by atoms with van der Waals surface area (Å²) in [6.07, 6.45) is 2.44. The van der Waals surface area contributed by atoms with E-state index in [0.29, 0.717) is 25.0 Å². The maximum atomic E-state index is 13.2. The molecule has 1 aliphatic heterocycles. The molecule has 0 saturated carbocycles. The van der Waals surface area contributed by atoms with Crippen molar-refractivity contribution in [1.29, 1.82) is 5.26 Å². The molecule has 0 aliphatic carbocycles. The Morgan fingerprint density at radius 2 is 1.45 bits per heavy atom. The first kappa shape index (κ1) is 29.4. The van der Waals surface area contributed by atoms with Crippen LogP contribution in [-0.4, -0.2) is 53.9 Å². The van der Waals surface area contributed by atoms with Gasteiger partial charge in [-0.2, -0.15) is 5.26 Å². The van der Waals surface area contributed by atoms with Gasteiger partial charge >= 0.3 is 0 Å². The lowest BCUT2D eigenvalue weighted by atomic mass is 9.89. The summed E-state index contributed by atoms with van der Waals surface area (Å²) in [5.74, 6) is 0.728. The standard InChI is InChI=1S/C32H43N3O3/c1-31(2,3)20-29(36)35(30(37)21-32(4,5)6)27-16-18-34(23-27)17-7-19-38-28-14-12-26(13-15-28)25-10-8-24(22-33)9-11-25/h8-15,27H,7,16-21,23H2,1-6H3/t27-/m1/s1. The van der Waals surface area contributed by atoms with E-state index in [-0.39, 0.29) is 28.7 Å². The molecule has 0 unspecified atom stereocenters. The molecule has 0 N–H and O–H groups in total. The highest BCUT2D eigenvalue weighted by atomic mass is 16.5. The van der Waals surface area contributed by atoms with Crippen LogP contribution in [0.2, 0.25) is 0 Å². The average Bonchev–Trinajstić information content (AvgIpc) is 3.28. The first-order valence-electron chi connectivity index (χ1n) is 13.7. The third kappa shape index (κ3) is 8.99. The Kier molecular flexibility index (Phi) is 9.73. The minimum atomic E-state index is -0.160. The van der Waals surface area contributed by atoms with Crippen LogP contribution in [0.25, 0.3) is 11.1 Å². The Labute approximate surface area is 228 Å². The molecule has 1 saturated heterocycles. The first-order valence-corrected chi connectivity index (χ1v) is 13.7. The van der Waals surface area contributed by atoms with Gasteiger partial charge in [0.1, 0.15) is 5.75 Å². The fraction of sp³-hybridized carbons (Fsp3) is 0.531. The number of likely N-dealkylation sites (tertiary alicyclic amines) is 1. The summed E-state index contributed by atoms with van der Waals surface area (Å²) < 4.78 is 5.97. The number of carbonyl (C=O) groups excluding carboxylic acids is 2. The normalized spacial score (nSPS) is 16.2. The summed E-state index contributed by atoms with van der Waals surface area (Å²) in [5.41, 5.74) is 2.48. The molecular formula is C32H43N3O3. The molecule has 1 fully saturated rings. The van der Waals surface area contributed by atoms with Crippen LogP contribution < -0.4 is 4.74 Å². The number of ether oxygens (including phenoxy) is 1. The fourth-order valence-corrected chi connectivity index (χ4v) is 4.81. The Bertz CT molecular complexity index is 1090. The topological polar surface area (TPSA) is 73.6 Å². The van der Waals surface area contributed by atoms with Crippen molar-refractivity contribution in [1.82, 2.24) is 9.80 Å². The van der Waals surface area contributed by atoms with Crippen molar-refractivity contribution < 1.29 is 14.3 Å². The smallest absolute Gasteiger partial charge is 0.229 e. The van der Waals surface area contributed by atoms with Crippen molar-refractivity contribution in [2.24, 2.45) is 10.8 Å². The third-order valence-electron chi connectivity index (χ3n) is 6.60. The first-order chi connectivity index (χ1) is 17.8. The van der Waals surface area contributed by atoms with Gasteiger partial charge < -0.3 is 9.64 Å². The second-order valence-corrected chi connectivity index (χ2v) is 12.8. The fourth-order valence-electron chi connectivity index (χ4n) is 4.81. The highest BCUT2D eigenvalue weighted by molar-refractivity contribution is 5.96. The lowest BCUT2D eigenvalue weighted by Gasteiger charge is -2.32. The van der Waals surface area contributed by atoms with Crippen LogP contribution >= 0.6 is 0 Å². The van der Waals surface area contributed by atoms with Gasteiger partial charge in [0, 0.05) is 32.5 Å². The summed E-state index contributed by atoms with van der Waals surface area (Å²) in [6, 6.07) is 17.6. The molecule has 0 radical (unpaired) electrons. The SMILES string of the molecule is CC(C)(C)CC(=O)N(C(=O)CC(C)(C)C)[C@@H]1CCN(CCCOc2ccc(-c3ccc(C#N)cc3)cc2)C1. The van der Waals surface area contributed by atoms with Crippen molar-refractivity contribution in [2.75, 3.05) is 26.2 Å². The number of hydrogen-bond donors (Lipinski definition) is 0. The molecule has 0 aromatic heterocycles. The molecule has 2 aromatic rings. The lowest BCUT2D eigenvalue weighted by molar-refractivity contribution is -0.149. The van der Waals surface area contributed by atoms with Crippen LogP contribution in [0, 0.1) is 22.2 Å². The molecular weight excluding hydrogens is 474 g/mol. The van der Waals surface area contributed by atoms with E-state index in [9.17, 15) is 9.59 Å². The van der Waals surface area contributed by atoms with Crippen molar-refractivity contribution in [3.8, 4) is 22.9 Å². The quantitative estimate of drug-likeness (QED) is 0.365. The minimum Gasteiger partial charge on any atom is -0.494 e. The summed E-state index contributed by atoms with van der Waals surface area (Å²) in [4.78, 5) is 30.3. The number of amides is 2. The molecule has 1 atom stereocenters. The minimum absolute atomic E-state index is 0.0496. The van der Waals surface area contributed by atoms with Gasteiger partial charge in [-0.1, -0.05) is 65.8 Å². The van der Waals surface area contributed by atoms with Gasteiger partial charge in [-0.25, -0.2) is 0 Å². The number of carbonyl (C=O) groups is 2. The van der Waals surface area contributed by atoms with Gasteiger partial charge in [-0.3, -0.25) is 14.5 Å². The van der Waals surface area contributed by atoms with Crippen LogP contribution in [-0.2, 0) is 9.59 Å². The van der Waals surface area contributed by atoms with Crippen molar-refractivity contribution >= 4 is 11.8 Å². The molecule has 3 rings (SSSR count). The molecule has 6 nitrogen and oxygen atoms in total. The number of benzene rings is 2. The zero-order valence-electron chi connectivity index (χ0n) is 23.9. The number of nitrogens with zero attached hydrogens (tertiary/aromatic N) is 3. The summed E-state index contributed by atoms with van der Waals surface area (Å²) in [7, 11) is 0. The number of nitriles is 1. The summed E-state index contributed by atoms with van der Waals surface area (Å²) in [5, 5.41) is 8.96. The van der Waals surface area contributed by atoms with Crippen LogP contribution in [0.3, 0.4) is 0 Å². The van der Waals surface area contributed by atoms with E-state index >= 15 is 0 Å². The largest absolute Gasteiger partial charge is 0.494 e. The van der Waals surface area contributed by atoms with Gasteiger partial charge in [0.2, 0.25) is 11.8 Å². The molecule has 2 aromatic carbocycles. The maximum absolute atomic E-state index is 13.2. The van der Waals surface area contributed by atoms with Gasteiger partial charge in [0.15, 0.2) is 0 Å².